The van der Waals surface area contributed by atoms with Crippen molar-refractivity contribution in [3.63, 3.8) is 0 Å². The summed E-state index contributed by atoms with van der Waals surface area (Å²) in [5.41, 5.74) is 2.59. The third kappa shape index (κ3) is 3.16. The number of fused-ring (bicyclic) bond motifs is 1. The van der Waals surface area contributed by atoms with E-state index in [1.807, 2.05) is 26.0 Å². The molecule has 0 aliphatic heterocycles. The number of anilines is 1. The molecule has 1 N–H and O–H groups in total. The van der Waals surface area contributed by atoms with Crippen molar-refractivity contribution >= 4 is 17.2 Å². The number of amides is 1. The van der Waals surface area contributed by atoms with Crippen LogP contribution in [0.3, 0.4) is 0 Å². The maximum Gasteiger partial charge on any atom is 0.417 e. The summed E-state index contributed by atoms with van der Waals surface area (Å²) in [6.07, 6.45) is -3.15. The molecular formula is C19H18F3N3O. The summed E-state index contributed by atoms with van der Waals surface area (Å²) < 4.78 is 40.4. The topological polar surface area (TPSA) is 46.4 Å². The molecule has 0 atom stereocenters. The van der Waals surface area contributed by atoms with Crippen LogP contribution in [0.2, 0.25) is 0 Å². The van der Waals surface area contributed by atoms with E-state index in [2.05, 4.69) is 10.3 Å². The lowest BCUT2D eigenvalue weighted by molar-refractivity contribution is -0.137. The second-order valence-electron chi connectivity index (χ2n) is 6.11. The molecule has 0 spiro atoms. The van der Waals surface area contributed by atoms with Gasteiger partial charge in [-0.25, -0.2) is 4.98 Å². The number of benzene rings is 1. The van der Waals surface area contributed by atoms with Gasteiger partial charge in [-0.3, -0.25) is 9.20 Å². The average molecular weight is 361 g/mol. The SMILES string of the molecule is CCc1nc2ccc(C(F)(F)F)cn2c1C(=O)Nc1cccc(C)c1C. The molecule has 7 heteroatoms. The molecule has 2 heterocycles. The van der Waals surface area contributed by atoms with Crippen molar-refractivity contribution in [3.8, 4) is 0 Å². The van der Waals surface area contributed by atoms with E-state index in [1.54, 1.807) is 13.0 Å². The number of imidazole rings is 1. The highest BCUT2D eigenvalue weighted by molar-refractivity contribution is 6.05. The van der Waals surface area contributed by atoms with Gasteiger partial charge in [-0.05, 0) is 49.6 Å². The Bertz CT molecular complexity index is 990. The second kappa shape index (κ2) is 6.48. The fraction of sp³-hybridized carbons (Fsp3) is 0.263. The van der Waals surface area contributed by atoms with Crippen molar-refractivity contribution in [3.05, 3.63) is 64.6 Å². The minimum atomic E-state index is -4.49. The maximum atomic E-state index is 13.0. The Kier molecular flexibility index (Phi) is 4.48. The molecule has 0 radical (unpaired) electrons. The Morgan fingerprint density at radius 1 is 1.19 bits per heavy atom. The first kappa shape index (κ1) is 18.0. The van der Waals surface area contributed by atoms with Gasteiger partial charge in [0.1, 0.15) is 11.3 Å². The van der Waals surface area contributed by atoms with Gasteiger partial charge in [0.25, 0.3) is 5.91 Å². The predicted octanol–water partition coefficient (Wildman–Crippen LogP) is 4.78. The minimum absolute atomic E-state index is 0.120. The lowest BCUT2D eigenvalue weighted by Crippen LogP contribution is -2.17. The number of nitrogens with one attached hydrogen (secondary N) is 1. The van der Waals surface area contributed by atoms with Crippen LogP contribution >= 0.6 is 0 Å². The van der Waals surface area contributed by atoms with Gasteiger partial charge >= 0.3 is 6.18 Å². The fourth-order valence-electron chi connectivity index (χ4n) is 2.82. The smallest absolute Gasteiger partial charge is 0.320 e. The number of halogens is 3. The molecule has 1 amide bonds. The second-order valence-corrected chi connectivity index (χ2v) is 6.11. The largest absolute Gasteiger partial charge is 0.417 e. The molecule has 2 aromatic heterocycles. The Balaban J connectivity index is 2.10. The van der Waals surface area contributed by atoms with Crippen LogP contribution in [0.4, 0.5) is 18.9 Å². The number of carbonyl (C=O) groups excluding carboxylic acids is 1. The number of aryl methyl sites for hydroxylation is 2. The monoisotopic (exact) mass is 361 g/mol. The van der Waals surface area contributed by atoms with Gasteiger partial charge in [0.15, 0.2) is 0 Å². The van der Waals surface area contributed by atoms with Gasteiger partial charge in [0.05, 0.1) is 11.3 Å². The van der Waals surface area contributed by atoms with Crippen LogP contribution in [0, 0.1) is 13.8 Å². The average Bonchev–Trinajstić information content (AvgIpc) is 2.96. The molecule has 0 aliphatic rings. The van der Waals surface area contributed by atoms with Gasteiger partial charge in [-0.15, -0.1) is 0 Å². The predicted molar refractivity (Wildman–Crippen MR) is 93.4 cm³/mol. The normalized spacial score (nSPS) is 11.8. The first-order valence-electron chi connectivity index (χ1n) is 8.18. The molecule has 0 saturated carbocycles. The van der Waals surface area contributed by atoms with E-state index in [0.717, 1.165) is 23.4 Å². The van der Waals surface area contributed by atoms with E-state index in [-0.39, 0.29) is 5.69 Å². The number of alkyl halides is 3. The molecule has 0 fully saturated rings. The Hall–Kier alpha value is -2.83. The highest BCUT2D eigenvalue weighted by Gasteiger charge is 2.32. The third-order valence-electron chi connectivity index (χ3n) is 4.42. The number of hydrogen-bond acceptors (Lipinski definition) is 2. The summed E-state index contributed by atoms with van der Waals surface area (Å²) in [5, 5.41) is 2.80. The molecule has 0 aliphatic carbocycles. The minimum Gasteiger partial charge on any atom is -0.320 e. The van der Waals surface area contributed by atoms with E-state index in [4.69, 9.17) is 0 Å². The number of aromatic nitrogens is 2. The van der Waals surface area contributed by atoms with Crippen LogP contribution < -0.4 is 5.32 Å². The lowest BCUT2D eigenvalue weighted by Gasteiger charge is -2.12. The molecular weight excluding hydrogens is 343 g/mol. The summed E-state index contributed by atoms with van der Waals surface area (Å²) in [7, 11) is 0. The zero-order valence-electron chi connectivity index (χ0n) is 14.6. The van der Waals surface area contributed by atoms with E-state index in [0.29, 0.717) is 23.4 Å². The molecule has 3 rings (SSSR count). The van der Waals surface area contributed by atoms with Crippen LogP contribution in [0.1, 0.15) is 39.8 Å². The van der Waals surface area contributed by atoms with Gasteiger partial charge in [-0.1, -0.05) is 19.1 Å². The van der Waals surface area contributed by atoms with Crippen LogP contribution in [-0.4, -0.2) is 15.3 Å². The molecule has 26 heavy (non-hydrogen) atoms. The molecule has 1 aromatic carbocycles. The number of nitrogens with zero attached hydrogens (tertiary/aromatic N) is 2. The first-order valence-corrected chi connectivity index (χ1v) is 8.18. The summed E-state index contributed by atoms with van der Waals surface area (Å²) in [6, 6.07) is 7.74. The van der Waals surface area contributed by atoms with Gasteiger partial charge in [0.2, 0.25) is 0 Å². The van der Waals surface area contributed by atoms with Gasteiger partial charge < -0.3 is 5.32 Å². The summed E-state index contributed by atoms with van der Waals surface area (Å²) in [5.74, 6) is -0.484. The van der Waals surface area contributed by atoms with Crippen molar-refractivity contribution in [1.82, 2.24) is 9.38 Å². The van der Waals surface area contributed by atoms with Gasteiger partial charge in [0, 0.05) is 11.9 Å². The number of hydrogen-bond donors (Lipinski definition) is 1. The van der Waals surface area contributed by atoms with Crippen LogP contribution in [0.5, 0.6) is 0 Å². The number of rotatable bonds is 3. The van der Waals surface area contributed by atoms with Crippen molar-refractivity contribution < 1.29 is 18.0 Å². The first-order chi connectivity index (χ1) is 12.2. The summed E-state index contributed by atoms with van der Waals surface area (Å²) in [4.78, 5) is 17.1. The van der Waals surface area contributed by atoms with E-state index < -0.39 is 17.6 Å². The number of carbonyl (C=O) groups is 1. The van der Waals surface area contributed by atoms with Crippen LogP contribution in [-0.2, 0) is 12.6 Å². The summed E-state index contributed by atoms with van der Waals surface area (Å²) >= 11 is 0. The molecule has 3 aromatic rings. The third-order valence-corrected chi connectivity index (χ3v) is 4.42. The standard InChI is InChI=1S/C19H18F3N3O/c1-4-14-17(18(26)24-15-7-5-6-11(2)12(15)3)25-10-13(19(20,21)22)8-9-16(25)23-14/h5-10H,4H2,1-3H3,(H,24,26). The van der Waals surface area contributed by atoms with Crippen LogP contribution in [0.25, 0.3) is 5.65 Å². The number of pyridine rings is 1. The fourth-order valence-corrected chi connectivity index (χ4v) is 2.82. The Morgan fingerprint density at radius 3 is 2.58 bits per heavy atom. The molecule has 136 valence electrons. The Morgan fingerprint density at radius 2 is 1.92 bits per heavy atom. The van der Waals surface area contributed by atoms with E-state index >= 15 is 0 Å². The van der Waals surface area contributed by atoms with Crippen molar-refractivity contribution in [2.45, 2.75) is 33.4 Å². The summed E-state index contributed by atoms with van der Waals surface area (Å²) in [6.45, 7) is 5.61. The van der Waals surface area contributed by atoms with Gasteiger partial charge in [-0.2, -0.15) is 13.2 Å². The van der Waals surface area contributed by atoms with E-state index in [1.165, 1.54) is 10.5 Å². The zero-order valence-corrected chi connectivity index (χ0v) is 14.6. The molecule has 0 bridgehead atoms. The van der Waals surface area contributed by atoms with Crippen molar-refractivity contribution in [2.75, 3.05) is 5.32 Å². The van der Waals surface area contributed by atoms with E-state index in [9.17, 15) is 18.0 Å². The Labute approximate surface area is 148 Å². The quantitative estimate of drug-likeness (QED) is 0.729. The van der Waals surface area contributed by atoms with Crippen LogP contribution in [0.15, 0.2) is 36.5 Å². The molecule has 4 nitrogen and oxygen atoms in total. The van der Waals surface area contributed by atoms with Crippen molar-refractivity contribution in [1.29, 1.82) is 0 Å². The lowest BCUT2D eigenvalue weighted by atomic mass is 10.1. The molecule has 0 unspecified atom stereocenters. The zero-order chi connectivity index (χ0) is 19.1. The molecule has 0 saturated heterocycles. The highest BCUT2D eigenvalue weighted by atomic mass is 19.4. The highest BCUT2D eigenvalue weighted by Crippen LogP contribution is 2.30. The van der Waals surface area contributed by atoms with Crippen molar-refractivity contribution in [2.24, 2.45) is 0 Å². The maximum absolute atomic E-state index is 13.0.